The number of aliphatic hydroxyl groups is 1. The van der Waals surface area contributed by atoms with Gasteiger partial charge in [0, 0.05) is 23.8 Å². The number of nitro groups is 1. The van der Waals surface area contributed by atoms with Gasteiger partial charge in [0.1, 0.15) is 23.8 Å². The van der Waals surface area contributed by atoms with Crippen LogP contribution < -0.4 is 4.74 Å². The first-order chi connectivity index (χ1) is 9.10. The lowest BCUT2D eigenvalue weighted by atomic mass is 10.2. The van der Waals surface area contributed by atoms with Gasteiger partial charge in [-0.1, -0.05) is 5.16 Å². The SMILES string of the molecule is Cc1cc(COc2ccc([N+](=O)[O-])cc2CO)no1. The lowest BCUT2D eigenvalue weighted by molar-refractivity contribution is -0.385. The monoisotopic (exact) mass is 264 g/mol. The molecule has 0 atom stereocenters. The highest BCUT2D eigenvalue weighted by Gasteiger charge is 2.12. The molecule has 0 radical (unpaired) electrons. The van der Waals surface area contributed by atoms with E-state index in [4.69, 9.17) is 9.26 Å². The molecular weight excluding hydrogens is 252 g/mol. The Morgan fingerprint density at radius 3 is 2.84 bits per heavy atom. The summed E-state index contributed by atoms with van der Waals surface area (Å²) in [5.74, 6) is 1.05. The van der Waals surface area contributed by atoms with Crippen LogP contribution in [0.4, 0.5) is 5.69 Å². The van der Waals surface area contributed by atoms with E-state index in [0.29, 0.717) is 22.8 Å². The number of hydrogen-bond acceptors (Lipinski definition) is 6. The molecule has 0 aliphatic heterocycles. The fourth-order valence-electron chi connectivity index (χ4n) is 1.58. The van der Waals surface area contributed by atoms with Gasteiger partial charge in [-0.05, 0) is 13.0 Å². The number of nitrogens with zero attached hydrogens (tertiary/aromatic N) is 2. The minimum atomic E-state index is -0.524. The third-order valence-electron chi connectivity index (χ3n) is 2.48. The second kappa shape index (κ2) is 5.49. The normalized spacial score (nSPS) is 10.4. The van der Waals surface area contributed by atoms with E-state index in [1.165, 1.54) is 18.2 Å². The zero-order valence-electron chi connectivity index (χ0n) is 10.2. The number of aliphatic hydroxyl groups excluding tert-OH is 1. The highest BCUT2D eigenvalue weighted by Crippen LogP contribution is 2.25. The smallest absolute Gasteiger partial charge is 0.270 e. The molecule has 1 aromatic heterocycles. The maximum Gasteiger partial charge on any atom is 0.270 e. The van der Waals surface area contributed by atoms with E-state index in [2.05, 4.69) is 5.16 Å². The standard InChI is InChI=1S/C12H12N2O5/c1-8-4-10(13-19-8)7-18-12-3-2-11(14(16)17)5-9(12)6-15/h2-5,15H,6-7H2,1H3. The van der Waals surface area contributed by atoms with E-state index in [0.717, 1.165) is 0 Å². The first-order valence-electron chi connectivity index (χ1n) is 5.53. The summed E-state index contributed by atoms with van der Waals surface area (Å²) in [5.41, 5.74) is 0.878. The molecule has 0 spiro atoms. The fraction of sp³-hybridized carbons (Fsp3) is 0.250. The highest BCUT2D eigenvalue weighted by atomic mass is 16.6. The molecule has 0 unspecified atom stereocenters. The predicted octanol–water partition coefficient (Wildman–Crippen LogP) is 1.96. The molecule has 7 heteroatoms. The molecule has 19 heavy (non-hydrogen) atoms. The van der Waals surface area contributed by atoms with Crippen molar-refractivity contribution in [2.45, 2.75) is 20.1 Å². The number of aryl methyl sites for hydroxylation is 1. The van der Waals surface area contributed by atoms with E-state index in [1.54, 1.807) is 13.0 Å². The minimum absolute atomic E-state index is 0.0892. The van der Waals surface area contributed by atoms with Crippen LogP contribution in [0, 0.1) is 17.0 Å². The Bertz CT molecular complexity index is 594. The summed E-state index contributed by atoms with van der Waals surface area (Å²) in [6, 6.07) is 5.78. The van der Waals surface area contributed by atoms with Crippen LogP contribution in [-0.2, 0) is 13.2 Å². The van der Waals surface area contributed by atoms with Crippen LogP contribution >= 0.6 is 0 Å². The van der Waals surface area contributed by atoms with E-state index in [1.807, 2.05) is 0 Å². The van der Waals surface area contributed by atoms with Crippen LogP contribution in [0.1, 0.15) is 17.0 Å². The summed E-state index contributed by atoms with van der Waals surface area (Å²) in [7, 11) is 0. The largest absolute Gasteiger partial charge is 0.487 e. The number of nitro benzene ring substituents is 1. The van der Waals surface area contributed by atoms with Crippen molar-refractivity contribution >= 4 is 5.69 Å². The molecule has 1 N–H and O–H groups in total. The maximum absolute atomic E-state index is 10.6. The predicted molar refractivity (Wildman–Crippen MR) is 64.6 cm³/mol. The first-order valence-corrected chi connectivity index (χ1v) is 5.53. The number of rotatable bonds is 5. The van der Waals surface area contributed by atoms with E-state index in [-0.39, 0.29) is 18.9 Å². The van der Waals surface area contributed by atoms with Crippen molar-refractivity contribution in [2.75, 3.05) is 0 Å². The molecule has 0 fully saturated rings. The summed E-state index contributed by atoms with van der Waals surface area (Å²) >= 11 is 0. The number of ether oxygens (including phenoxy) is 1. The Morgan fingerprint density at radius 1 is 1.47 bits per heavy atom. The lowest BCUT2D eigenvalue weighted by Gasteiger charge is -2.08. The summed E-state index contributed by atoms with van der Waals surface area (Å²) in [5, 5.41) is 23.6. The molecule has 0 amide bonds. The van der Waals surface area contributed by atoms with Gasteiger partial charge < -0.3 is 14.4 Å². The summed E-state index contributed by atoms with van der Waals surface area (Å²) < 4.78 is 10.3. The van der Waals surface area contributed by atoms with Gasteiger partial charge in [0.05, 0.1) is 11.5 Å². The zero-order chi connectivity index (χ0) is 13.8. The number of aromatic nitrogens is 1. The molecular formula is C12H12N2O5. The van der Waals surface area contributed by atoms with Crippen LogP contribution in [0.2, 0.25) is 0 Å². The van der Waals surface area contributed by atoms with E-state index >= 15 is 0 Å². The van der Waals surface area contributed by atoms with Gasteiger partial charge >= 0.3 is 0 Å². The quantitative estimate of drug-likeness (QED) is 0.654. The van der Waals surface area contributed by atoms with Crippen molar-refractivity contribution in [3.05, 3.63) is 51.4 Å². The first kappa shape index (κ1) is 13.0. The Kier molecular flexibility index (Phi) is 3.76. The molecule has 0 bridgehead atoms. The topological polar surface area (TPSA) is 98.6 Å². The van der Waals surface area contributed by atoms with Gasteiger partial charge in [0.2, 0.25) is 0 Å². The average Bonchev–Trinajstić information content (AvgIpc) is 2.81. The summed E-state index contributed by atoms with van der Waals surface area (Å²) in [6.45, 7) is 1.60. The fourth-order valence-corrected chi connectivity index (χ4v) is 1.58. The third kappa shape index (κ3) is 3.08. The Labute approximate surface area is 108 Å². The molecule has 7 nitrogen and oxygen atoms in total. The Hall–Kier alpha value is -2.41. The molecule has 2 aromatic rings. The van der Waals surface area contributed by atoms with Crippen molar-refractivity contribution in [1.29, 1.82) is 0 Å². The molecule has 2 rings (SSSR count). The van der Waals surface area contributed by atoms with Gasteiger partial charge in [-0.15, -0.1) is 0 Å². The van der Waals surface area contributed by atoms with Crippen LogP contribution in [-0.4, -0.2) is 15.2 Å². The second-order valence-corrected chi connectivity index (χ2v) is 3.92. The van der Waals surface area contributed by atoms with Gasteiger partial charge in [-0.2, -0.15) is 0 Å². The molecule has 1 aromatic carbocycles. The van der Waals surface area contributed by atoms with Crippen molar-refractivity contribution < 1.29 is 19.3 Å². The van der Waals surface area contributed by atoms with Crippen molar-refractivity contribution in [3.63, 3.8) is 0 Å². The van der Waals surface area contributed by atoms with E-state index < -0.39 is 4.92 Å². The molecule has 100 valence electrons. The van der Waals surface area contributed by atoms with Gasteiger partial charge in [-0.25, -0.2) is 0 Å². The molecule has 0 saturated heterocycles. The van der Waals surface area contributed by atoms with Crippen molar-refractivity contribution in [2.24, 2.45) is 0 Å². The number of non-ortho nitro benzene ring substituents is 1. The van der Waals surface area contributed by atoms with Crippen LogP contribution in [0.3, 0.4) is 0 Å². The van der Waals surface area contributed by atoms with Gasteiger partial charge in [-0.3, -0.25) is 10.1 Å². The Morgan fingerprint density at radius 2 is 2.26 bits per heavy atom. The number of hydrogen-bond donors (Lipinski definition) is 1. The van der Waals surface area contributed by atoms with Gasteiger partial charge in [0.25, 0.3) is 5.69 Å². The second-order valence-electron chi connectivity index (χ2n) is 3.92. The summed E-state index contributed by atoms with van der Waals surface area (Å²) in [6.07, 6.45) is 0. The zero-order valence-corrected chi connectivity index (χ0v) is 10.2. The Balaban J connectivity index is 2.13. The maximum atomic E-state index is 10.6. The summed E-state index contributed by atoms with van der Waals surface area (Å²) in [4.78, 5) is 10.1. The average molecular weight is 264 g/mol. The van der Waals surface area contributed by atoms with Gasteiger partial charge in [0.15, 0.2) is 0 Å². The lowest BCUT2D eigenvalue weighted by Crippen LogP contribution is -2.00. The third-order valence-corrected chi connectivity index (χ3v) is 2.48. The number of benzene rings is 1. The highest BCUT2D eigenvalue weighted by molar-refractivity contribution is 5.43. The van der Waals surface area contributed by atoms with Crippen LogP contribution in [0.15, 0.2) is 28.8 Å². The molecule has 1 heterocycles. The van der Waals surface area contributed by atoms with Crippen molar-refractivity contribution in [3.8, 4) is 5.75 Å². The van der Waals surface area contributed by atoms with Crippen LogP contribution in [0.25, 0.3) is 0 Å². The molecule has 0 aliphatic carbocycles. The molecule has 0 saturated carbocycles. The van der Waals surface area contributed by atoms with E-state index in [9.17, 15) is 15.2 Å². The van der Waals surface area contributed by atoms with Crippen LogP contribution in [0.5, 0.6) is 5.75 Å². The molecule has 0 aliphatic rings. The minimum Gasteiger partial charge on any atom is -0.487 e. The van der Waals surface area contributed by atoms with Crippen molar-refractivity contribution in [1.82, 2.24) is 5.16 Å².